The van der Waals surface area contributed by atoms with Gasteiger partial charge in [-0.25, -0.2) is 14.4 Å². The first kappa shape index (κ1) is 13.4. The second-order valence-corrected chi connectivity index (χ2v) is 5.32. The molecule has 0 aliphatic heterocycles. The molecule has 0 saturated carbocycles. The summed E-state index contributed by atoms with van der Waals surface area (Å²) < 4.78 is 14.7. The lowest BCUT2D eigenvalue weighted by molar-refractivity contribution is 0.628. The summed E-state index contributed by atoms with van der Waals surface area (Å²) in [7, 11) is 0. The van der Waals surface area contributed by atoms with Gasteiger partial charge in [-0.1, -0.05) is 22.9 Å². The average molecular weight is 375 g/mol. The second kappa shape index (κ2) is 5.32. The smallest absolute Gasteiger partial charge is 0.163 e. The molecule has 2 aromatic rings. The summed E-state index contributed by atoms with van der Waals surface area (Å²) in [6, 6.07) is 4.38. The number of aromatic nitrogens is 2. The van der Waals surface area contributed by atoms with E-state index in [0.29, 0.717) is 28.1 Å². The first-order valence-corrected chi connectivity index (χ1v) is 6.88. The average Bonchev–Trinajstić information content (AvgIpc) is 2.35. The van der Waals surface area contributed by atoms with Crippen LogP contribution in [0.3, 0.4) is 0 Å². The molecule has 0 unspecified atom stereocenters. The Kier molecular flexibility index (Phi) is 3.97. The van der Waals surface area contributed by atoms with E-state index in [4.69, 9.17) is 5.73 Å². The normalized spacial score (nSPS) is 10.7. The molecular weight excluding hydrogens is 365 g/mol. The zero-order chi connectivity index (χ0) is 13.3. The quantitative estimate of drug-likeness (QED) is 0.865. The molecule has 0 aliphatic rings. The number of halogens is 3. The van der Waals surface area contributed by atoms with Crippen LogP contribution in [0.15, 0.2) is 27.1 Å². The molecule has 18 heavy (non-hydrogen) atoms. The van der Waals surface area contributed by atoms with E-state index in [1.165, 1.54) is 12.1 Å². The number of rotatable bonds is 2. The Labute approximate surface area is 121 Å². The molecule has 0 aliphatic carbocycles. The van der Waals surface area contributed by atoms with Gasteiger partial charge in [-0.3, -0.25) is 0 Å². The van der Waals surface area contributed by atoms with E-state index < -0.39 is 0 Å². The highest BCUT2D eigenvalue weighted by Crippen LogP contribution is 2.30. The fraction of sp³-hybridized carbons (Fsp3) is 0.167. The number of nitrogen functional groups attached to an aromatic ring is 1. The molecule has 3 nitrogen and oxygen atoms in total. The van der Waals surface area contributed by atoms with E-state index >= 15 is 0 Å². The van der Waals surface area contributed by atoms with Crippen molar-refractivity contribution in [3.05, 3.63) is 38.7 Å². The zero-order valence-electron chi connectivity index (χ0n) is 9.54. The van der Waals surface area contributed by atoms with Crippen LogP contribution in [0.1, 0.15) is 12.6 Å². The summed E-state index contributed by atoms with van der Waals surface area (Å²) in [5.74, 6) is 0.434. The van der Waals surface area contributed by atoms with Crippen molar-refractivity contribution in [2.45, 2.75) is 13.3 Å². The topological polar surface area (TPSA) is 51.8 Å². The van der Waals surface area contributed by atoms with Crippen molar-refractivity contribution in [3.8, 4) is 11.4 Å². The molecule has 2 rings (SSSR count). The lowest BCUT2D eigenvalue weighted by Crippen LogP contribution is -2.02. The summed E-state index contributed by atoms with van der Waals surface area (Å²) >= 11 is 6.70. The number of aryl methyl sites for hydroxylation is 1. The minimum Gasteiger partial charge on any atom is -0.383 e. The van der Waals surface area contributed by atoms with Gasteiger partial charge in [0.05, 0.1) is 10.2 Å². The highest BCUT2D eigenvalue weighted by Gasteiger charge is 2.13. The van der Waals surface area contributed by atoms with Gasteiger partial charge in [-0.05, 0) is 40.5 Å². The lowest BCUT2D eigenvalue weighted by Gasteiger charge is -2.09. The third kappa shape index (κ3) is 2.54. The van der Waals surface area contributed by atoms with Crippen molar-refractivity contribution < 1.29 is 4.39 Å². The van der Waals surface area contributed by atoms with Crippen molar-refractivity contribution in [1.29, 1.82) is 0 Å². The van der Waals surface area contributed by atoms with Gasteiger partial charge in [0.1, 0.15) is 11.6 Å². The Bertz CT molecular complexity index is 602. The highest BCUT2D eigenvalue weighted by atomic mass is 79.9. The third-order valence-corrected chi connectivity index (χ3v) is 4.01. The first-order valence-electron chi connectivity index (χ1n) is 5.30. The van der Waals surface area contributed by atoms with E-state index in [9.17, 15) is 4.39 Å². The summed E-state index contributed by atoms with van der Waals surface area (Å²) in [5.41, 5.74) is 7.20. The maximum absolute atomic E-state index is 13.3. The molecule has 0 saturated heterocycles. The molecule has 0 spiro atoms. The number of anilines is 1. The number of benzene rings is 1. The van der Waals surface area contributed by atoms with Crippen molar-refractivity contribution in [2.24, 2.45) is 0 Å². The van der Waals surface area contributed by atoms with Crippen LogP contribution >= 0.6 is 31.9 Å². The maximum atomic E-state index is 13.3. The largest absolute Gasteiger partial charge is 0.383 e. The van der Waals surface area contributed by atoms with Crippen molar-refractivity contribution in [3.63, 3.8) is 0 Å². The van der Waals surface area contributed by atoms with Gasteiger partial charge >= 0.3 is 0 Å². The summed E-state index contributed by atoms with van der Waals surface area (Å²) in [5, 5.41) is 0. The van der Waals surface area contributed by atoms with Gasteiger partial charge in [-0.2, -0.15) is 0 Å². The zero-order valence-corrected chi connectivity index (χ0v) is 12.7. The Morgan fingerprint density at radius 2 is 2.00 bits per heavy atom. The minimum absolute atomic E-state index is 0.337. The van der Waals surface area contributed by atoms with Gasteiger partial charge in [0.25, 0.3) is 0 Å². The number of nitrogens with zero attached hydrogens (tertiary/aromatic N) is 2. The van der Waals surface area contributed by atoms with Crippen LogP contribution in [-0.4, -0.2) is 9.97 Å². The number of hydrogen-bond acceptors (Lipinski definition) is 3. The molecule has 0 amide bonds. The Hall–Kier alpha value is -1.01. The SMILES string of the molecule is CCc1nc(-c2cc(F)ccc2Br)nc(N)c1Br. The summed E-state index contributed by atoms with van der Waals surface area (Å²) in [6.45, 7) is 1.97. The van der Waals surface area contributed by atoms with Crippen molar-refractivity contribution in [1.82, 2.24) is 9.97 Å². The molecule has 94 valence electrons. The van der Waals surface area contributed by atoms with Crippen LogP contribution in [0.4, 0.5) is 10.2 Å². The van der Waals surface area contributed by atoms with E-state index in [1.807, 2.05) is 6.92 Å². The Morgan fingerprint density at radius 3 is 2.67 bits per heavy atom. The van der Waals surface area contributed by atoms with Gasteiger partial charge in [0, 0.05) is 10.0 Å². The van der Waals surface area contributed by atoms with Gasteiger partial charge in [-0.15, -0.1) is 0 Å². The summed E-state index contributed by atoms with van der Waals surface area (Å²) in [6.07, 6.45) is 0.716. The van der Waals surface area contributed by atoms with Gasteiger partial charge in [0.15, 0.2) is 5.82 Å². The molecule has 1 heterocycles. The molecule has 0 atom stereocenters. The molecule has 0 radical (unpaired) electrons. The molecule has 0 bridgehead atoms. The monoisotopic (exact) mass is 373 g/mol. The fourth-order valence-corrected chi connectivity index (χ4v) is 2.42. The fourth-order valence-electron chi connectivity index (χ4n) is 1.54. The van der Waals surface area contributed by atoms with Crippen LogP contribution in [0.2, 0.25) is 0 Å². The van der Waals surface area contributed by atoms with E-state index in [1.54, 1.807) is 6.07 Å². The second-order valence-electron chi connectivity index (χ2n) is 3.67. The maximum Gasteiger partial charge on any atom is 0.163 e. The van der Waals surface area contributed by atoms with Gasteiger partial charge < -0.3 is 5.73 Å². The van der Waals surface area contributed by atoms with Crippen LogP contribution in [0.25, 0.3) is 11.4 Å². The van der Waals surface area contributed by atoms with Crippen LogP contribution < -0.4 is 5.73 Å². The molecule has 1 aromatic heterocycles. The molecule has 0 fully saturated rings. The first-order chi connectivity index (χ1) is 8.52. The number of hydrogen-bond donors (Lipinski definition) is 1. The minimum atomic E-state index is -0.337. The standard InChI is InChI=1S/C12H10Br2FN3/c1-2-9-10(14)11(16)18-12(17-9)7-5-6(15)3-4-8(7)13/h3-5H,2H2,1H3,(H2,16,17,18). The molecular formula is C12H10Br2FN3. The summed E-state index contributed by atoms with van der Waals surface area (Å²) in [4.78, 5) is 8.57. The van der Waals surface area contributed by atoms with Crippen molar-refractivity contribution >= 4 is 37.7 Å². The van der Waals surface area contributed by atoms with E-state index in [2.05, 4.69) is 41.8 Å². The Balaban J connectivity index is 2.64. The van der Waals surface area contributed by atoms with Gasteiger partial charge in [0.2, 0.25) is 0 Å². The Morgan fingerprint density at radius 1 is 1.28 bits per heavy atom. The molecule has 1 aromatic carbocycles. The van der Waals surface area contributed by atoms with Crippen LogP contribution in [-0.2, 0) is 6.42 Å². The highest BCUT2D eigenvalue weighted by molar-refractivity contribution is 9.11. The predicted octanol–water partition coefficient (Wildman–Crippen LogP) is 3.95. The van der Waals surface area contributed by atoms with Crippen LogP contribution in [0, 0.1) is 5.82 Å². The lowest BCUT2D eigenvalue weighted by atomic mass is 10.2. The molecule has 6 heteroatoms. The third-order valence-electron chi connectivity index (χ3n) is 2.45. The molecule has 2 N–H and O–H groups in total. The predicted molar refractivity (Wildman–Crippen MR) is 76.6 cm³/mol. The van der Waals surface area contributed by atoms with E-state index in [0.717, 1.165) is 10.2 Å². The van der Waals surface area contributed by atoms with Crippen LogP contribution in [0.5, 0.6) is 0 Å². The number of nitrogens with two attached hydrogens (primary N) is 1. The van der Waals surface area contributed by atoms with Crippen molar-refractivity contribution in [2.75, 3.05) is 5.73 Å². The van der Waals surface area contributed by atoms with E-state index in [-0.39, 0.29) is 5.82 Å².